The summed E-state index contributed by atoms with van der Waals surface area (Å²) in [5.74, 6) is -0.834. The Bertz CT molecular complexity index is 1360. The van der Waals surface area contributed by atoms with Crippen molar-refractivity contribution in [2.75, 3.05) is 0 Å². The molecule has 4 aromatic rings. The molecule has 1 atom stereocenters. The van der Waals surface area contributed by atoms with E-state index < -0.39 is 12.1 Å². The fraction of sp³-hybridized carbons (Fsp3) is 0.179. The molecule has 0 amide bonds. The van der Waals surface area contributed by atoms with Gasteiger partial charge in [0.1, 0.15) is 0 Å². The monoisotopic (exact) mass is 457 g/mol. The van der Waals surface area contributed by atoms with Crippen molar-refractivity contribution in [2.24, 2.45) is 0 Å². The summed E-state index contributed by atoms with van der Waals surface area (Å²) in [6.07, 6.45) is -0.940. The predicted molar refractivity (Wildman–Crippen MR) is 132 cm³/mol. The van der Waals surface area contributed by atoms with E-state index >= 15 is 0 Å². The van der Waals surface area contributed by atoms with Gasteiger partial charge >= 0.3 is 5.97 Å². The van der Waals surface area contributed by atoms with Gasteiger partial charge in [0, 0.05) is 21.5 Å². The fourth-order valence-electron chi connectivity index (χ4n) is 3.81. The van der Waals surface area contributed by atoms with Crippen LogP contribution in [0, 0.1) is 20.8 Å². The first-order valence-corrected chi connectivity index (χ1v) is 11.1. The number of carbonyl (C=O) groups excluding carboxylic acids is 2. The Balaban J connectivity index is 1.76. The summed E-state index contributed by atoms with van der Waals surface area (Å²) < 4.78 is 5.66. The lowest BCUT2D eigenvalue weighted by atomic mass is 9.97. The van der Waals surface area contributed by atoms with Crippen LogP contribution in [0.1, 0.15) is 44.3 Å². The number of benzene rings is 3. The molecule has 3 aromatic carbocycles. The average molecular weight is 458 g/mol. The van der Waals surface area contributed by atoms with Gasteiger partial charge in [-0.25, -0.2) is 9.78 Å². The average Bonchev–Trinajstić information content (AvgIpc) is 2.79. The smallest absolute Gasteiger partial charge is 0.339 e. The minimum absolute atomic E-state index is 0.254. The number of esters is 1. The number of Topliss-reactive ketones (excluding diaryl/α,β-unsaturated/α-hetero) is 1. The minimum Gasteiger partial charge on any atom is -0.451 e. The fourth-order valence-corrected chi connectivity index (χ4v) is 3.98. The zero-order valence-corrected chi connectivity index (χ0v) is 19.7. The van der Waals surface area contributed by atoms with Crippen molar-refractivity contribution in [1.29, 1.82) is 0 Å². The van der Waals surface area contributed by atoms with Crippen LogP contribution in [0.3, 0.4) is 0 Å². The number of pyridine rings is 1. The second-order valence-corrected chi connectivity index (χ2v) is 8.70. The van der Waals surface area contributed by atoms with Gasteiger partial charge in [0.05, 0.1) is 16.8 Å². The number of carbonyl (C=O) groups is 2. The third-order valence-corrected chi connectivity index (χ3v) is 5.94. The number of ether oxygens (including phenoxy) is 1. The van der Waals surface area contributed by atoms with Gasteiger partial charge in [-0.05, 0) is 51.5 Å². The van der Waals surface area contributed by atoms with Crippen LogP contribution in [-0.2, 0) is 4.74 Å². The summed E-state index contributed by atoms with van der Waals surface area (Å²) >= 11 is 6.24. The van der Waals surface area contributed by atoms with Gasteiger partial charge in [0.2, 0.25) is 5.78 Å². The molecule has 0 saturated heterocycles. The summed E-state index contributed by atoms with van der Waals surface area (Å²) in [5, 5.41) is 1.08. The van der Waals surface area contributed by atoms with Gasteiger partial charge in [0.15, 0.2) is 6.10 Å². The Hall–Kier alpha value is -3.50. The third-order valence-electron chi connectivity index (χ3n) is 5.71. The first kappa shape index (κ1) is 22.7. The van der Waals surface area contributed by atoms with Crippen molar-refractivity contribution in [1.82, 2.24) is 4.98 Å². The molecule has 0 unspecified atom stereocenters. The molecular weight excluding hydrogens is 434 g/mol. The van der Waals surface area contributed by atoms with E-state index in [2.05, 4.69) is 0 Å². The van der Waals surface area contributed by atoms with E-state index in [1.165, 1.54) is 0 Å². The molecule has 0 N–H and O–H groups in total. The molecule has 0 radical (unpaired) electrons. The summed E-state index contributed by atoms with van der Waals surface area (Å²) in [7, 11) is 0. The van der Waals surface area contributed by atoms with E-state index in [0.717, 1.165) is 16.7 Å². The number of rotatable bonds is 5. The summed E-state index contributed by atoms with van der Waals surface area (Å²) in [6, 6.07) is 20.4. The van der Waals surface area contributed by atoms with Gasteiger partial charge in [-0.1, -0.05) is 71.3 Å². The number of ketones is 1. The predicted octanol–water partition coefficient (Wildman–Crippen LogP) is 6.91. The molecule has 33 heavy (non-hydrogen) atoms. The Kier molecular flexibility index (Phi) is 6.30. The highest BCUT2D eigenvalue weighted by Crippen LogP contribution is 2.32. The third kappa shape index (κ3) is 4.67. The van der Waals surface area contributed by atoms with Crippen molar-refractivity contribution >= 4 is 34.3 Å². The van der Waals surface area contributed by atoms with Crippen molar-refractivity contribution in [3.8, 4) is 11.3 Å². The van der Waals surface area contributed by atoms with E-state index in [4.69, 9.17) is 21.3 Å². The highest BCUT2D eigenvalue weighted by molar-refractivity contribution is 6.31. The Morgan fingerprint density at radius 1 is 0.879 bits per heavy atom. The number of halogens is 1. The molecule has 0 saturated carbocycles. The molecular formula is C28H24ClNO3. The van der Waals surface area contributed by atoms with Crippen LogP contribution in [0.4, 0.5) is 0 Å². The Labute approximate surface area is 198 Å². The molecule has 4 rings (SSSR count). The van der Waals surface area contributed by atoms with Crippen LogP contribution in [-0.4, -0.2) is 22.8 Å². The van der Waals surface area contributed by atoms with Crippen LogP contribution in [0.5, 0.6) is 0 Å². The van der Waals surface area contributed by atoms with Gasteiger partial charge in [0.25, 0.3) is 0 Å². The molecule has 1 heterocycles. The van der Waals surface area contributed by atoms with Crippen LogP contribution >= 0.6 is 11.6 Å². The maximum atomic E-state index is 13.4. The van der Waals surface area contributed by atoms with E-state index in [9.17, 15) is 9.59 Å². The lowest BCUT2D eigenvalue weighted by molar-refractivity contribution is 0.0320. The lowest BCUT2D eigenvalue weighted by Gasteiger charge is -2.17. The number of hydrogen-bond acceptors (Lipinski definition) is 4. The van der Waals surface area contributed by atoms with E-state index in [0.29, 0.717) is 38.3 Å². The SMILES string of the molecule is Cc1ccc(C(=O)[C@H](C)OC(=O)c2c(C)c(-c3ccc(C)cc3)nc3ccc(Cl)cc23)cc1. The van der Waals surface area contributed by atoms with Crippen LogP contribution in [0.2, 0.25) is 5.02 Å². The molecule has 0 aliphatic heterocycles. The summed E-state index contributed by atoms with van der Waals surface area (Å²) in [5.41, 5.74) is 5.94. The van der Waals surface area contributed by atoms with Gasteiger partial charge in [-0.3, -0.25) is 4.79 Å². The molecule has 0 aliphatic carbocycles. The van der Waals surface area contributed by atoms with E-state index in [1.807, 2.05) is 57.2 Å². The maximum absolute atomic E-state index is 13.4. The van der Waals surface area contributed by atoms with E-state index in [1.54, 1.807) is 37.3 Å². The van der Waals surface area contributed by atoms with Crippen molar-refractivity contribution in [3.05, 3.63) is 99.6 Å². The molecule has 5 heteroatoms. The molecule has 0 fully saturated rings. The topological polar surface area (TPSA) is 56.3 Å². The number of aromatic nitrogens is 1. The lowest BCUT2D eigenvalue weighted by Crippen LogP contribution is -2.25. The van der Waals surface area contributed by atoms with Crippen LogP contribution < -0.4 is 0 Å². The summed E-state index contributed by atoms with van der Waals surface area (Å²) in [4.78, 5) is 31.0. The second kappa shape index (κ2) is 9.16. The minimum atomic E-state index is -0.940. The number of aryl methyl sites for hydroxylation is 2. The molecule has 0 bridgehead atoms. The van der Waals surface area contributed by atoms with Crippen molar-refractivity contribution in [3.63, 3.8) is 0 Å². The maximum Gasteiger partial charge on any atom is 0.339 e. The molecule has 1 aromatic heterocycles. The van der Waals surface area contributed by atoms with Gasteiger partial charge in [-0.2, -0.15) is 0 Å². The number of hydrogen-bond donors (Lipinski definition) is 0. The first-order chi connectivity index (χ1) is 15.7. The van der Waals surface area contributed by atoms with Crippen molar-refractivity contribution in [2.45, 2.75) is 33.8 Å². The van der Waals surface area contributed by atoms with Crippen LogP contribution in [0.25, 0.3) is 22.2 Å². The van der Waals surface area contributed by atoms with Gasteiger partial charge < -0.3 is 4.74 Å². The van der Waals surface area contributed by atoms with E-state index in [-0.39, 0.29) is 5.78 Å². The molecule has 0 aliphatic rings. The molecule has 0 spiro atoms. The zero-order valence-electron chi connectivity index (χ0n) is 19.0. The highest BCUT2D eigenvalue weighted by atomic mass is 35.5. The van der Waals surface area contributed by atoms with Gasteiger partial charge in [-0.15, -0.1) is 0 Å². The largest absolute Gasteiger partial charge is 0.451 e. The quantitative estimate of drug-likeness (QED) is 0.241. The standard InChI is InChI=1S/C28H24ClNO3/c1-16-5-9-20(10-6-16)26-18(3)25(23-15-22(29)13-14-24(23)30-26)28(32)33-19(4)27(31)21-11-7-17(2)8-12-21/h5-15,19H,1-4H3/t19-/m0/s1. The van der Waals surface area contributed by atoms with Crippen molar-refractivity contribution < 1.29 is 14.3 Å². The molecule has 166 valence electrons. The normalized spacial score (nSPS) is 11.9. The first-order valence-electron chi connectivity index (χ1n) is 10.7. The Morgan fingerprint density at radius 2 is 1.48 bits per heavy atom. The second-order valence-electron chi connectivity index (χ2n) is 8.27. The summed E-state index contributed by atoms with van der Waals surface area (Å²) in [6.45, 7) is 7.39. The number of nitrogens with zero attached hydrogens (tertiary/aromatic N) is 1. The number of fused-ring (bicyclic) bond motifs is 1. The zero-order chi connectivity index (χ0) is 23.7. The van der Waals surface area contributed by atoms with Crippen LogP contribution in [0.15, 0.2) is 66.7 Å². The molecule has 4 nitrogen and oxygen atoms in total. The Morgan fingerprint density at radius 3 is 2.12 bits per heavy atom. The highest BCUT2D eigenvalue weighted by Gasteiger charge is 2.25.